The minimum absolute atomic E-state index is 0.00517. The predicted octanol–water partition coefficient (Wildman–Crippen LogP) is 11.1. The maximum absolute atomic E-state index is 13.0. The lowest BCUT2D eigenvalue weighted by Gasteiger charge is -2.58. The van der Waals surface area contributed by atoms with Crippen LogP contribution in [0, 0.1) is 46.3 Å². The van der Waals surface area contributed by atoms with E-state index >= 15 is 0 Å². The Morgan fingerprint density at radius 1 is 0.982 bits per heavy atom. The largest absolute Gasteiger partial charge is 0.472 e. The van der Waals surface area contributed by atoms with Gasteiger partial charge in [-0.05, 0) is 110 Å². The highest BCUT2D eigenvalue weighted by Crippen LogP contribution is 2.67. The van der Waals surface area contributed by atoms with Crippen LogP contribution in [0.2, 0.25) is 0 Å². The first kappa shape index (κ1) is 40.9. The number of allylic oxidation sites excluding steroid dienone is 1. The highest BCUT2D eigenvalue weighted by molar-refractivity contribution is 7.47. The molecule has 7 rings (SSSR count). The summed E-state index contributed by atoms with van der Waals surface area (Å²) in [6, 6.07) is 7.84. The summed E-state index contributed by atoms with van der Waals surface area (Å²) in [5, 5.41) is 0.941. The molecule has 3 fully saturated rings. The lowest BCUT2D eigenvalue weighted by Crippen LogP contribution is -2.51. The van der Waals surface area contributed by atoms with E-state index in [9.17, 15) is 9.46 Å². The van der Waals surface area contributed by atoms with Gasteiger partial charge in [-0.25, -0.2) is 14.5 Å². The Labute approximate surface area is 330 Å². The number of unbranched alkanes of at least 4 members (excludes halogenated alkanes) is 1. The van der Waals surface area contributed by atoms with Crippen molar-refractivity contribution in [1.82, 2.24) is 14.5 Å². The molecule has 9 nitrogen and oxygen atoms in total. The van der Waals surface area contributed by atoms with Crippen LogP contribution in [-0.4, -0.2) is 45.4 Å². The van der Waals surface area contributed by atoms with Crippen molar-refractivity contribution in [2.45, 2.75) is 144 Å². The fraction of sp³-hybridized carbons (Fsp3) is 0.733. The Balaban J connectivity index is 0.898. The first-order valence-corrected chi connectivity index (χ1v) is 23.3. The van der Waals surface area contributed by atoms with Gasteiger partial charge in [-0.3, -0.25) is 9.05 Å². The van der Waals surface area contributed by atoms with Crippen molar-refractivity contribution in [3.05, 3.63) is 41.7 Å². The summed E-state index contributed by atoms with van der Waals surface area (Å²) in [6.45, 7) is 15.3. The summed E-state index contributed by atoms with van der Waals surface area (Å²) in [5.41, 5.74) is 11.0. The molecule has 4 aliphatic carbocycles. The minimum Gasteiger partial charge on any atom is -0.382 e. The van der Waals surface area contributed by atoms with Crippen molar-refractivity contribution in [3.63, 3.8) is 0 Å². The molecule has 0 aliphatic heterocycles. The summed E-state index contributed by atoms with van der Waals surface area (Å²) in [7, 11) is -4.28. The number of benzene rings is 1. The highest BCUT2D eigenvalue weighted by atomic mass is 31.2. The third-order valence-electron chi connectivity index (χ3n) is 15.0. The van der Waals surface area contributed by atoms with E-state index < -0.39 is 7.82 Å². The molecule has 0 spiro atoms. The smallest absolute Gasteiger partial charge is 0.382 e. The normalized spacial score (nSPS) is 30.9. The van der Waals surface area contributed by atoms with Crippen molar-refractivity contribution in [1.29, 1.82) is 0 Å². The number of imidazole rings is 1. The van der Waals surface area contributed by atoms with Gasteiger partial charge in [0.15, 0.2) is 5.82 Å². The quantitative estimate of drug-likeness (QED) is 0.0789. The van der Waals surface area contributed by atoms with Gasteiger partial charge in [0.05, 0.1) is 37.0 Å². The molecule has 0 saturated heterocycles. The number of ether oxygens (including phenoxy) is 1. The topological polar surface area (TPSA) is 122 Å². The zero-order valence-electron chi connectivity index (χ0n) is 34.6. The van der Waals surface area contributed by atoms with Gasteiger partial charge in [0.25, 0.3) is 0 Å². The molecule has 0 bridgehead atoms. The van der Waals surface area contributed by atoms with Gasteiger partial charge in [-0.1, -0.05) is 97.1 Å². The van der Waals surface area contributed by atoms with Gasteiger partial charge < -0.3 is 19.9 Å². The summed E-state index contributed by atoms with van der Waals surface area (Å²) >= 11 is 0. The van der Waals surface area contributed by atoms with Crippen LogP contribution >= 0.6 is 7.82 Å². The van der Waals surface area contributed by atoms with E-state index in [0.29, 0.717) is 23.3 Å². The second-order valence-electron chi connectivity index (χ2n) is 18.7. The lowest BCUT2D eigenvalue weighted by atomic mass is 9.47. The number of rotatable bonds is 17. The molecule has 1 unspecified atom stereocenters. The summed E-state index contributed by atoms with van der Waals surface area (Å²) in [5.74, 6) is 6.23. The minimum atomic E-state index is -4.28. The van der Waals surface area contributed by atoms with Crippen LogP contribution in [0.25, 0.3) is 21.9 Å². The number of phosphoric acid groups is 1. The number of hydrogen-bond donors (Lipinski definition) is 2. The molecule has 0 amide bonds. The van der Waals surface area contributed by atoms with E-state index in [1.807, 2.05) is 24.3 Å². The molecule has 10 heteroatoms. The summed E-state index contributed by atoms with van der Waals surface area (Å²) < 4.78 is 32.2. The zero-order valence-corrected chi connectivity index (χ0v) is 35.5. The lowest BCUT2D eigenvalue weighted by molar-refractivity contribution is -0.0657. The fourth-order valence-electron chi connectivity index (χ4n) is 12.1. The highest BCUT2D eigenvalue weighted by Gasteiger charge is 2.59. The van der Waals surface area contributed by atoms with Crippen LogP contribution in [0.15, 0.2) is 35.9 Å². The monoisotopic (exact) mass is 777 g/mol. The summed E-state index contributed by atoms with van der Waals surface area (Å²) in [4.78, 5) is 20.0. The van der Waals surface area contributed by atoms with Gasteiger partial charge in [-0.2, -0.15) is 0 Å². The first-order valence-electron chi connectivity index (χ1n) is 21.8. The van der Waals surface area contributed by atoms with Crippen molar-refractivity contribution in [2.75, 3.05) is 25.6 Å². The molecule has 3 aromatic rings. The van der Waals surface area contributed by atoms with Crippen LogP contribution in [0.1, 0.15) is 131 Å². The van der Waals surface area contributed by atoms with Crippen molar-refractivity contribution in [3.8, 4) is 0 Å². The van der Waals surface area contributed by atoms with Crippen molar-refractivity contribution >= 4 is 35.6 Å². The Hall–Kier alpha value is -2.29. The number of aromatic nitrogens is 3. The number of aryl methyl sites for hydroxylation is 1. The number of pyridine rings is 1. The SMILES string of the molecule is CCCCc1nc2c(N)nc3ccccc3c2n1CCOP(=O)(O)OCCO[C@H]1CC[C@@]2(C)C(=CC[C@H]3[C@@H]4CC[C@H]([C@H](C)CCCC(C)C)[C@@]4(C)CC[C@@H]32)C1. The van der Waals surface area contributed by atoms with E-state index in [-0.39, 0.29) is 31.3 Å². The number of fused-ring (bicyclic) bond motifs is 8. The van der Waals surface area contributed by atoms with Crippen LogP contribution < -0.4 is 5.73 Å². The van der Waals surface area contributed by atoms with Crippen LogP contribution in [0.4, 0.5) is 5.82 Å². The molecule has 0 radical (unpaired) electrons. The van der Waals surface area contributed by atoms with Crippen LogP contribution in [0.5, 0.6) is 0 Å². The predicted molar refractivity (Wildman–Crippen MR) is 223 cm³/mol. The Bertz CT molecular complexity index is 1880. The number of anilines is 1. The maximum atomic E-state index is 13.0. The van der Waals surface area contributed by atoms with Crippen LogP contribution in [-0.2, 0) is 31.3 Å². The number of nitrogens with zero attached hydrogens (tertiary/aromatic N) is 3. The van der Waals surface area contributed by atoms with E-state index in [1.165, 1.54) is 51.4 Å². The number of nitrogens with two attached hydrogens (primary N) is 1. The average Bonchev–Trinajstić information content (AvgIpc) is 3.70. The Morgan fingerprint density at radius 2 is 1.78 bits per heavy atom. The fourth-order valence-corrected chi connectivity index (χ4v) is 12.8. The van der Waals surface area contributed by atoms with E-state index in [1.54, 1.807) is 5.57 Å². The van der Waals surface area contributed by atoms with Crippen LogP contribution in [0.3, 0.4) is 0 Å². The number of nitrogen functional groups attached to an aromatic ring is 1. The molecule has 2 aromatic heterocycles. The molecular formula is C45H69N4O5P. The van der Waals surface area contributed by atoms with Crippen molar-refractivity contribution < 1.29 is 23.2 Å². The molecule has 3 saturated carbocycles. The third kappa shape index (κ3) is 8.35. The summed E-state index contributed by atoms with van der Waals surface area (Å²) in [6.07, 6.45) is 19.6. The molecule has 1 aromatic carbocycles. The second-order valence-corrected chi connectivity index (χ2v) is 20.1. The molecule has 3 N–H and O–H groups in total. The van der Waals surface area contributed by atoms with E-state index in [0.717, 1.165) is 96.3 Å². The molecule has 9 atom stereocenters. The molecule has 304 valence electrons. The second kappa shape index (κ2) is 16.9. The maximum Gasteiger partial charge on any atom is 0.472 e. The van der Waals surface area contributed by atoms with Gasteiger partial charge in [0, 0.05) is 18.4 Å². The van der Waals surface area contributed by atoms with E-state index in [4.69, 9.17) is 24.5 Å². The third-order valence-corrected chi connectivity index (χ3v) is 16.0. The number of phosphoric ester groups is 1. The van der Waals surface area contributed by atoms with Gasteiger partial charge in [-0.15, -0.1) is 0 Å². The standard InChI is InChI=1S/C45H69N4O5P/c1-7-8-16-40-48-41-42(35-14-9-10-15-39(35)47-43(41)46)49(40)25-26-53-55(50,51)54-28-27-52-33-21-23-44(5)32(29-33)17-18-34-37-20-19-36(31(4)13-11-12-30(2)3)45(37,6)24-22-38(34)44/h9-10,14-15,17,30-31,33-34,36-38H,7-8,11-13,16,18-29H2,1-6H3,(H2,46,47)(H,50,51)/t31-,33+,34+,36-,37+,38+,44+,45-/m1/s1. The van der Waals surface area contributed by atoms with Crippen molar-refractivity contribution in [2.24, 2.45) is 46.3 Å². The van der Waals surface area contributed by atoms with Gasteiger partial charge in [0.2, 0.25) is 0 Å². The zero-order chi connectivity index (χ0) is 39.0. The van der Waals surface area contributed by atoms with Gasteiger partial charge >= 0.3 is 7.82 Å². The molecular weight excluding hydrogens is 707 g/mol. The molecule has 2 heterocycles. The van der Waals surface area contributed by atoms with Gasteiger partial charge in [0.1, 0.15) is 11.3 Å². The molecule has 55 heavy (non-hydrogen) atoms. The first-order chi connectivity index (χ1) is 26.3. The number of hydrogen-bond acceptors (Lipinski definition) is 7. The average molecular weight is 777 g/mol. The number of para-hydroxylation sites is 1. The Kier molecular flexibility index (Phi) is 12.6. The van der Waals surface area contributed by atoms with E-state index in [2.05, 4.69) is 57.2 Å². The Morgan fingerprint density at radius 3 is 2.58 bits per heavy atom. The molecule has 4 aliphatic rings.